The predicted molar refractivity (Wildman–Crippen MR) is 133 cm³/mol. The Labute approximate surface area is 193 Å². The molecule has 6 heteroatoms. The van der Waals surface area contributed by atoms with Gasteiger partial charge in [0, 0.05) is 44.7 Å². The largest absolute Gasteiger partial charge is 0.497 e. The number of benzene rings is 1. The third kappa shape index (κ3) is 6.35. The molecule has 0 aromatic heterocycles. The van der Waals surface area contributed by atoms with E-state index in [0.29, 0.717) is 6.04 Å². The number of methoxy groups -OCH3 is 1. The lowest BCUT2D eigenvalue weighted by atomic mass is 9.78. The molecule has 29 heavy (non-hydrogen) atoms. The van der Waals surface area contributed by atoms with Crippen LogP contribution in [-0.4, -0.2) is 57.2 Å². The Morgan fingerprint density at radius 1 is 1.31 bits per heavy atom. The van der Waals surface area contributed by atoms with Gasteiger partial charge in [-0.25, -0.2) is 0 Å². The fourth-order valence-electron chi connectivity index (χ4n) is 4.66. The Bertz CT molecular complexity index is 665. The quantitative estimate of drug-likeness (QED) is 0.252. The zero-order valence-corrected chi connectivity index (χ0v) is 20.3. The van der Waals surface area contributed by atoms with Crippen molar-refractivity contribution in [2.24, 2.45) is 4.99 Å². The van der Waals surface area contributed by atoms with Gasteiger partial charge in [-0.15, -0.1) is 30.6 Å². The minimum absolute atomic E-state index is 0. The van der Waals surface area contributed by atoms with Crippen LogP contribution in [0.15, 0.2) is 41.9 Å². The highest BCUT2D eigenvalue weighted by molar-refractivity contribution is 14.0. The van der Waals surface area contributed by atoms with Crippen LogP contribution in [-0.2, 0) is 5.41 Å². The van der Waals surface area contributed by atoms with Crippen molar-refractivity contribution < 1.29 is 4.74 Å². The van der Waals surface area contributed by atoms with Crippen LogP contribution in [0.5, 0.6) is 5.75 Å². The molecule has 2 aliphatic rings. The second-order valence-electron chi connectivity index (χ2n) is 8.15. The maximum Gasteiger partial charge on any atom is 0.191 e. The molecule has 0 radical (unpaired) electrons. The smallest absolute Gasteiger partial charge is 0.191 e. The van der Waals surface area contributed by atoms with Crippen molar-refractivity contribution in [2.75, 3.05) is 40.3 Å². The van der Waals surface area contributed by atoms with E-state index in [4.69, 9.17) is 4.74 Å². The van der Waals surface area contributed by atoms with E-state index in [1.807, 2.05) is 19.2 Å². The Morgan fingerprint density at radius 2 is 2.03 bits per heavy atom. The van der Waals surface area contributed by atoms with Crippen molar-refractivity contribution in [1.82, 2.24) is 15.5 Å². The predicted octanol–water partition coefficient (Wildman–Crippen LogP) is 3.94. The summed E-state index contributed by atoms with van der Waals surface area (Å²) in [6.45, 7) is 7.99. The van der Waals surface area contributed by atoms with Gasteiger partial charge in [0.25, 0.3) is 0 Å². The zero-order valence-electron chi connectivity index (χ0n) is 18.0. The van der Waals surface area contributed by atoms with Gasteiger partial charge in [0.2, 0.25) is 0 Å². The van der Waals surface area contributed by atoms with Crippen molar-refractivity contribution >= 4 is 29.9 Å². The highest BCUT2D eigenvalue weighted by Gasteiger charge is 2.36. The molecule has 1 aliphatic heterocycles. The molecule has 2 fully saturated rings. The molecule has 162 valence electrons. The van der Waals surface area contributed by atoms with E-state index in [1.165, 1.54) is 31.2 Å². The maximum absolute atomic E-state index is 5.47. The summed E-state index contributed by atoms with van der Waals surface area (Å²) in [4.78, 5) is 6.95. The maximum atomic E-state index is 5.47. The summed E-state index contributed by atoms with van der Waals surface area (Å²) < 4.78 is 5.47. The minimum Gasteiger partial charge on any atom is -0.497 e. The SMILES string of the molecule is C=CCN1CCC(NC(=NC)NCC2(c3cccc(OC)c3)CCCC2)CC1.I. The fourth-order valence-corrected chi connectivity index (χ4v) is 4.66. The van der Waals surface area contributed by atoms with Crippen LogP contribution >= 0.6 is 24.0 Å². The number of halogens is 1. The highest BCUT2D eigenvalue weighted by atomic mass is 127. The van der Waals surface area contributed by atoms with Crippen LogP contribution in [0.1, 0.15) is 44.1 Å². The lowest BCUT2D eigenvalue weighted by Gasteiger charge is -2.34. The van der Waals surface area contributed by atoms with Gasteiger partial charge in [0.1, 0.15) is 5.75 Å². The first kappa shape index (κ1) is 24.0. The lowest BCUT2D eigenvalue weighted by Crippen LogP contribution is -2.51. The summed E-state index contributed by atoms with van der Waals surface area (Å²) >= 11 is 0. The number of guanidine groups is 1. The lowest BCUT2D eigenvalue weighted by molar-refractivity contribution is 0.225. The minimum atomic E-state index is 0. The van der Waals surface area contributed by atoms with E-state index in [0.717, 1.165) is 50.7 Å². The Hall–Kier alpha value is -1.28. The number of aliphatic imine (C=N–C) groups is 1. The van der Waals surface area contributed by atoms with Gasteiger partial charge in [0.15, 0.2) is 5.96 Å². The summed E-state index contributed by atoms with van der Waals surface area (Å²) in [6, 6.07) is 9.08. The van der Waals surface area contributed by atoms with Gasteiger partial charge >= 0.3 is 0 Å². The average Bonchev–Trinajstić information content (AvgIpc) is 3.23. The van der Waals surface area contributed by atoms with Crippen LogP contribution < -0.4 is 15.4 Å². The van der Waals surface area contributed by atoms with Crippen LogP contribution in [0, 0.1) is 0 Å². The van der Waals surface area contributed by atoms with E-state index >= 15 is 0 Å². The van der Waals surface area contributed by atoms with E-state index < -0.39 is 0 Å². The van der Waals surface area contributed by atoms with Gasteiger partial charge in [-0.05, 0) is 43.4 Å². The molecular formula is C23H37IN4O. The van der Waals surface area contributed by atoms with Gasteiger partial charge in [-0.1, -0.05) is 31.1 Å². The van der Waals surface area contributed by atoms with Gasteiger partial charge < -0.3 is 15.4 Å². The number of hydrogen-bond donors (Lipinski definition) is 2. The first-order valence-electron chi connectivity index (χ1n) is 10.6. The van der Waals surface area contributed by atoms with Crippen LogP contribution in [0.2, 0.25) is 0 Å². The van der Waals surface area contributed by atoms with Crippen molar-refractivity contribution in [3.63, 3.8) is 0 Å². The number of rotatable bonds is 7. The summed E-state index contributed by atoms with van der Waals surface area (Å²) in [5, 5.41) is 7.29. The molecule has 1 aromatic rings. The third-order valence-electron chi connectivity index (χ3n) is 6.38. The van der Waals surface area contributed by atoms with Crippen LogP contribution in [0.3, 0.4) is 0 Å². The number of likely N-dealkylation sites (tertiary alicyclic amines) is 1. The number of hydrogen-bond acceptors (Lipinski definition) is 3. The Balaban J connectivity index is 0.00000300. The molecule has 2 N–H and O–H groups in total. The molecule has 1 aliphatic carbocycles. The molecule has 1 aromatic carbocycles. The second kappa shape index (κ2) is 11.8. The molecule has 1 saturated carbocycles. The number of nitrogens with zero attached hydrogens (tertiary/aromatic N) is 2. The van der Waals surface area contributed by atoms with E-state index in [1.54, 1.807) is 7.11 Å². The van der Waals surface area contributed by atoms with E-state index in [-0.39, 0.29) is 29.4 Å². The van der Waals surface area contributed by atoms with Crippen molar-refractivity contribution in [3.05, 3.63) is 42.5 Å². The molecule has 5 nitrogen and oxygen atoms in total. The molecule has 1 heterocycles. The van der Waals surface area contributed by atoms with Crippen molar-refractivity contribution in [3.8, 4) is 5.75 Å². The Morgan fingerprint density at radius 3 is 2.66 bits per heavy atom. The molecule has 0 atom stereocenters. The van der Waals surface area contributed by atoms with Gasteiger partial charge in [-0.3, -0.25) is 9.89 Å². The summed E-state index contributed by atoms with van der Waals surface area (Å²) in [5.74, 6) is 1.87. The molecule has 3 rings (SSSR count). The normalized spacial score (nSPS) is 20.0. The summed E-state index contributed by atoms with van der Waals surface area (Å²) in [6.07, 6.45) is 9.28. The first-order valence-corrected chi connectivity index (χ1v) is 10.6. The van der Waals surface area contributed by atoms with Crippen LogP contribution in [0.4, 0.5) is 0 Å². The first-order chi connectivity index (χ1) is 13.7. The molecule has 1 saturated heterocycles. The molecule has 0 amide bonds. The molecule has 0 bridgehead atoms. The monoisotopic (exact) mass is 512 g/mol. The van der Waals surface area contributed by atoms with Crippen molar-refractivity contribution in [2.45, 2.75) is 50.0 Å². The Kier molecular flexibility index (Phi) is 9.75. The van der Waals surface area contributed by atoms with Crippen molar-refractivity contribution in [1.29, 1.82) is 0 Å². The topological polar surface area (TPSA) is 48.9 Å². The van der Waals surface area contributed by atoms with E-state index in [9.17, 15) is 0 Å². The number of ether oxygens (including phenoxy) is 1. The second-order valence-corrected chi connectivity index (χ2v) is 8.15. The van der Waals surface area contributed by atoms with Gasteiger partial charge in [0.05, 0.1) is 7.11 Å². The summed E-state index contributed by atoms with van der Waals surface area (Å²) in [5.41, 5.74) is 1.55. The molecule has 0 spiro atoms. The third-order valence-corrected chi connectivity index (χ3v) is 6.38. The van der Waals surface area contributed by atoms with Gasteiger partial charge in [-0.2, -0.15) is 0 Å². The van der Waals surface area contributed by atoms with E-state index in [2.05, 4.69) is 45.3 Å². The number of nitrogens with one attached hydrogen (secondary N) is 2. The standard InChI is InChI=1S/C23H36N4O.HI/c1-4-14-27-15-10-20(11-16-27)26-22(24-2)25-18-23(12-5-6-13-23)19-8-7-9-21(17-19)28-3;/h4,7-9,17,20H,1,5-6,10-16,18H2,2-3H3,(H2,24,25,26);1H. The number of piperidine rings is 1. The molecular weight excluding hydrogens is 475 g/mol. The molecule has 0 unspecified atom stereocenters. The highest BCUT2D eigenvalue weighted by Crippen LogP contribution is 2.41. The fraction of sp³-hybridized carbons (Fsp3) is 0.609. The average molecular weight is 512 g/mol. The summed E-state index contributed by atoms with van der Waals surface area (Å²) in [7, 11) is 3.61. The van der Waals surface area contributed by atoms with Crippen LogP contribution in [0.25, 0.3) is 0 Å². The zero-order chi connectivity index (χ0) is 19.8.